The van der Waals surface area contributed by atoms with Crippen molar-refractivity contribution >= 4 is 34.8 Å². The van der Waals surface area contributed by atoms with Crippen molar-refractivity contribution in [1.29, 1.82) is 0 Å². The molecule has 1 aromatic heterocycles. The summed E-state index contributed by atoms with van der Waals surface area (Å²) in [5.74, 6) is -1.58. The molecule has 0 saturated heterocycles. The molecule has 1 atom stereocenters. The Labute approximate surface area is 227 Å². The summed E-state index contributed by atoms with van der Waals surface area (Å²) in [4.78, 5) is 35.2. The van der Waals surface area contributed by atoms with Crippen molar-refractivity contribution in [2.24, 2.45) is 0 Å². The van der Waals surface area contributed by atoms with Gasteiger partial charge in [0, 0.05) is 28.9 Å². The molecule has 11 nitrogen and oxygen atoms in total. The summed E-state index contributed by atoms with van der Waals surface area (Å²) in [6.07, 6.45) is 1.34. The second kappa shape index (κ2) is 11.6. The van der Waals surface area contributed by atoms with Crippen LogP contribution in [0.25, 0.3) is 11.1 Å². The van der Waals surface area contributed by atoms with Crippen LogP contribution < -0.4 is 20.9 Å². The lowest BCUT2D eigenvalue weighted by Crippen LogP contribution is -2.41. The molecule has 0 aliphatic carbocycles. The number of halogens is 1. The minimum Gasteiger partial charge on any atom is -0.502 e. The van der Waals surface area contributed by atoms with Crippen LogP contribution in [0.1, 0.15) is 39.4 Å². The SMILES string of the molecule is COc1ccc(C(C)Nc2ccc(-c3ccoc3C(=O)NNC(=O)c3ccc(O)c([N+](=O)[O-])c3)cc2)cc1Cl. The minimum absolute atomic E-state index is 0.0473. The topological polar surface area (TPSA) is 156 Å². The van der Waals surface area contributed by atoms with Gasteiger partial charge in [0.05, 0.1) is 23.3 Å². The molecule has 39 heavy (non-hydrogen) atoms. The Bertz CT molecular complexity index is 1540. The van der Waals surface area contributed by atoms with Crippen molar-refractivity contribution in [3.63, 3.8) is 0 Å². The molecule has 1 unspecified atom stereocenters. The zero-order valence-electron chi connectivity index (χ0n) is 20.7. The maximum atomic E-state index is 12.7. The van der Waals surface area contributed by atoms with Gasteiger partial charge in [-0.05, 0) is 60.5 Å². The molecule has 4 aromatic rings. The van der Waals surface area contributed by atoms with E-state index in [1.807, 2.05) is 43.3 Å². The lowest BCUT2D eigenvalue weighted by molar-refractivity contribution is -0.385. The van der Waals surface area contributed by atoms with Crippen LogP contribution in [0, 0.1) is 10.1 Å². The summed E-state index contributed by atoms with van der Waals surface area (Å²) in [6.45, 7) is 2.00. The van der Waals surface area contributed by atoms with E-state index in [-0.39, 0.29) is 17.4 Å². The minimum atomic E-state index is -0.823. The summed E-state index contributed by atoms with van der Waals surface area (Å²) in [6, 6.07) is 17.6. The van der Waals surface area contributed by atoms with E-state index in [2.05, 4.69) is 16.2 Å². The quantitative estimate of drug-likeness (QED) is 0.166. The van der Waals surface area contributed by atoms with Crippen LogP contribution in [-0.2, 0) is 0 Å². The summed E-state index contributed by atoms with van der Waals surface area (Å²) in [7, 11) is 1.56. The van der Waals surface area contributed by atoms with E-state index < -0.39 is 28.2 Å². The Balaban J connectivity index is 1.41. The fraction of sp³-hybridized carbons (Fsp3) is 0.111. The number of methoxy groups -OCH3 is 1. The molecule has 0 spiro atoms. The number of furan rings is 1. The van der Waals surface area contributed by atoms with Gasteiger partial charge in [0.15, 0.2) is 5.75 Å². The number of benzene rings is 3. The Kier molecular flexibility index (Phi) is 8.01. The third-order valence-corrected chi connectivity index (χ3v) is 6.15. The van der Waals surface area contributed by atoms with Crippen LogP contribution in [0.5, 0.6) is 11.5 Å². The van der Waals surface area contributed by atoms with E-state index in [1.165, 1.54) is 12.3 Å². The molecule has 4 rings (SSSR count). The lowest BCUT2D eigenvalue weighted by atomic mass is 10.0. The molecule has 0 aliphatic rings. The summed E-state index contributed by atoms with van der Waals surface area (Å²) < 4.78 is 10.5. The number of hydrogen-bond acceptors (Lipinski definition) is 8. The van der Waals surface area contributed by atoms with Gasteiger partial charge in [0.1, 0.15) is 5.75 Å². The molecular formula is C27H23ClN4O7. The van der Waals surface area contributed by atoms with Gasteiger partial charge < -0.3 is 19.6 Å². The molecule has 1 heterocycles. The Morgan fingerprint density at radius 1 is 1.03 bits per heavy atom. The van der Waals surface area contributed by atoms with E-state index in [0.29, 0.717) is 21.9 Å². The third kappa shape index (κ3) is 6.11. The van der Waals surface area contributed by atoms with Crippen molar-refractivity contribution in [2.45, 2.75) is 13.0 Å². The summed E-state index contributed by atoms with van der Waals surface area (Å²) >= 11 is 6.24. The smallest absolute Gasteiger partial charge is 0.311 e. The number of anilines is 1. The van der Waals surface area contributed by atoms with E-state index >= 15 is 0 Å². The molecular weight excluding hydrogens is 528 g/mol. The first-order valence-corrected chi connectivity index (χ1v) is 11.9. The first-order valence-electron chi connectivity index (χ1n) is 11.5. The highest BCUT2D eigenvalue weighted by atomic mass is 35.5. The molecule has 0 bridgehead atoms. The number of nitrogens with one attached hydrogen (secondary N) is 3. The van der Waals surface area contributed by atoms with Crippen molar-refractivity contribution in [3.05, 3.63) is 105 Å². The summed E-state index contributed by atoms with van der Waals surface area (Å²) in [5.41, 5.74) is 6.63. The standard InChI is InChI=1S/C27H23ClN4O7/c1-15(17-6-10-24(38-2)21(28)13-17)29-19-7-3-16(4-8-19)20-11-12-39-25(20)27(35)31-30-26(34)18-5-9-23(33)22(14-18)32(36)37/h3-15,29,33H,1-2H3,(H,30,34)(H,31,35). The van der Waals surface area contributed by atoms with Crippen molar-refractivity contribution in [2.75, 3.05) is 12.4 Å². The molecule has 2 amide bonds. The molecule has 3 aromatic carbocycles. The normalized spacial score (nSPS) is 11.4. The second-order valence-corrected chi connectivity index (χ2v) is 8.78. The van der Waals surface area contributed by atoms with Crippen molar-refractivity contribution in [3.8, 4) is 22.6 Å². The maximum absolute atomic E-state index is 12.7. The first kappa shape index (κ1) is 27.0. The lowest BCUT2D eigenvalue weighted by Gasteiger charge is -2.17. The molecule has 0 fully saturated rings. The maximum Gasteiger partial charge on any atom is 0.311 e. The Morgan fingerprint density at radius 2 is 1.74 bits per heavy atom. The number of carbonyl (C=O) groups is 2. The second-order valence-electron chi connectivity index (χ2n) is 8.37. The number of hydrazine groups is 1. The van der Waals surface area contributed by atoms with Crippen LogP contribution >= 0.6 is 11.6 Å². The molecule has 200 valence electrons. The number of nitrogens with zero attached hydrogens (tertiary/aromatic N) is 1. The molecule has 12 heteroatoms. The highest BCUT2D eigenvalue weighted by Crippen LogP contribution is 2.31. The highest BCUT2D eigenvalue weighted by Gasteiger charge is 2.20. The van der Waals surface area contributed by atoms with Crippen LogP contribution in [0.2, 0.25) is 5.02 Å². The number of hydrogen-bond donors (Lipinski definition) is 4. The Hall–Kier alpha value is -5.03. The number of ether oxygens (including phenoxy) is 1. The number of nitro benzene ring substituents is 1. The average molecular weight is 551 g/mol. The van der Waals surface area contributed by atoms with Gasteiger partial charge in [-0.15, -0.1) is 0 Å². The fourth-order valence-electron chi connectivity index (χ4n) is 3.80. The van der Waals surface area contributed by atoms with Gasteiger partial charge in [-0.2, -0.15) is 0 Å². The zero-order valence-corrected chi connectivity index (χ0v) is 21.5. The highest BCUT2D eigenvalue weighted by molar-refractivity contribution is 6.32. The van der Waals surface area contributed by atoms with Crippen molar-refractivity contribution in [1.82, 2.24) is 10.9 Å². The zero-order chi connectivity index (χ0) is 28.1. The van der Waals surface area contributed by atoms with Gasteiger partial charge >= 0.3 is 11.6 Å². The van der Waals surface area contributed by atoms with E-state index in [0.717, 1.165) is 23.4 Å². The van der Waals surface area contributed by atoms with Gasteiger partial charge in [-0.3, -0.25) is 30.6 Å². The van der Waals surface area contributed by atoms with Crippen LogP contribution in [-0.4, -0.2) is 29.0 Å². The fourth-order valence-corrected chi connectivity index (χ4v) is 4.06. The predicted molar refractivity (Wildman–Crippen MR) is 144 cm³/mol. The monoisotopic (exact) mass is 550 g/mol. The average Bonchev–Trinajstić information content (AvgIpc) is 3.42. The molecule has 4 N–H and O–H groups in total. The van der Waals surface area contributed by atoms with Crippen LogP contribution in [0.4, 0.5) is 11.4 Å². The van der Waals surface area contributed by atoms with Gasteiger partial charge in [-0.1, -0.05) is 29.8 Å². The van der Waals surface area contributed by atoms with Gasteiger partial charge in [0.25, 0.3) is 5.91 Å². The third-order valence-electron chi connectivity index (χ3n) is 5.85. The molecule has 0 radical (unpaired) electrons. The molecule has 0 saturated carbocycles. The number of amides is 2. The number of rotatable bonds is 8. The number of phenolic OH excluding ortho intramolecular Hbond substituents is 1. The number of phenols is 1. The van der Waals surface area contributed by atoms with Crippen LogP contribution in [0.15, 0.2) is 77.4 Å². The Morgan fingerprint density at radius 3 is 2.41 bits per heavy atom. The summed E-state index contributed by atoms with van der Waals surface area (Å²) in [5, 5.41) is 24.4. The van der Waals surface area contributed by atoms with E-state index in [4.69, 9.17) is 20.8 Å². The number of aromatic hydroxyl groups is 1. The van der Waals surface area contributed by atoms with E-state index in [9.17, 15) is 24.8 Å². The van der Waals surface area contributed by atoms with Crippen LogP contribution in [0.3, 0.4) is 0 Å². The van der Waals surface area contributed by atoms with E-state index in [1.54, 1.807) is 19.2 Å². The molecule has 0 aliphatic heterocycles. The predicted octanol–water partition coefficient (Wildman–Crippen LogP) is 5.47. The van der Waals surface area contributed by atoms with Crippen molar-refractivity contribution < 1.29 is 28.8 Å². The number of carbonyl (C=O) groups excluding carboxylic acids is 2. The van der Waals surface area contributed by atoms with Gasteiger partial charge in [0.2, 0.25) is 5.76 Å². The largest absolute Gasteiger partial charge is 0.502 e. The van der Waals surface area contributed by atoms with Gasteiger partial charge in [-0.25, -0.2) is 0 Å². The first-order chi connectivity index (χ1) is 18.7. The number of nitro groups is 1.